The Kier molecular flexibility index (Phi) is 4.13. The zero-order chi connectivity index (χ0) is 14.9. The summed E-state index contributed by atoms with van der Waals surface area (Å²) in [5.74, 6) is 0.323. The normalized spacial score (nSPS) is 10.8. The number of nitrogens with zero attached hydrogens (tertiary/aromatic N) is 2. The molecule has 0 amide bonds. The van der Waals surface area contributed by atoms with Gasteiger partial charge >= 0.3 is 5.69 Å². The first kappa shape index (κ1) is 14.6. The second-order valence-electron chi connectivity index (χ2n) is 4.86. The molecule has 0 saturated carbocycles. The molecule has 0 spiro atoms. The van der Waals surface area contributed by atoms with Crippen LogP contribution < -0.4 is 5.69 Å². The van der Waals surface area contributed by atoms with Crippen LogP contribution in [0.3, 0.4) is 0 Å². The fourth-order valence-corrected chi connectivity index (χ4v) is 3.08. The van der Waals surface area contributed by atoms with Crippen LogP contribution in [-0.2, 0) is 7.05 Å². The van der Waals surface area contributed by atoms with E-state index in [1.165, 1.54) is 16.3 Å². The third kappa shape index (κ3) is 2.85. The molecular weight excluding hydrogens is 274 g/mol. The van der Waals surface area contributed by atoms with Crippen molar-refractivity contribution in [2.75, 3.05) is 5.75 Å². The molecule has 20 heavy (non-hydrogen) atoms. The zero-order valence-corrected chi connectivity index (χ0v) is 12.8. The predicted molar refractivity (Wildman–Crippen MR) is 79.5 cm³/mol. The number of hydrogen-bond acceptors (Lipinski definition) is 4. The van der Waals surface area contributed by atoms with Gasteiger partial charge in [-0.2, -0.15) is 0 Å². The standard InChI is InChI=1S/C14H17N3O2S/c1-8-5-9(2)12(10(3)6-8)11(18)7-20-14-16-15-13(19)17(14)4/h5-6H,7H2,1-4H3,(H,15,19). The Labute approximate surface area is 121 Å². The van der Waals surface area contributed by atoms with E-state index in [4.69, 9.17) is 0 Å². The highest BCUT2D eigenvalue weighted by molar-refractivity contribution is 7.99. The molecule has 1 aromatic heterocycles. The summed E-state index contributed by atoms with van der Waals surface area (Å²) >= 11 is 1.26. The largest absolute Gasteiger partial charge is 0.343 e. The van der Waals surface area contributed by atoms with Crippen molar-refractivity contribution in [2.24, 2.45) is 7.05 Å². The predicted octanol–water partition coefficient (Wildman–Crippen LogP) is 2.01. The molecule has 0 aliphatic carbocycles. The molecule has 0 unspecified atom stereocenters. The lowest BCUT2D eigenvalue weighted by molar-refractivity contribution is 0.102. The Morgan fingerprint density at radius 3 is 2.40 bits per heavy atom. The van der Waals surface area contributed by atoms with E-state index < -0.39 is 0 Å². The van der Waals surface area contributed by atoms with Crippen LogP contribution in [0.5, 0.6) is 0 Å². The summed E-state index contributed by atoms with van der Waals surface area (Å²) in [6.07, 6.45) is 0. The summed E-state index contributed by atoms with van der Waals surface area (Å²) in [5.41, 5.74) is 3.62. The molecule has 0 fully saturated rings. The van der Waals surface area contributed by atoms with Crippen LogP contribution in [-0.4, -0.2) is 26.3 Å². The number of rotatable bonds is 4. The minimum atomic E-state index is -0.275. The minimum Gasteiger partial charge on any atom is -0.293 e. The first-order chi connectivity index (χ1) is 9.40. The van der Waals surface area contributed by atoms with Gasteiger partial charge in [0.05, 0.1) is 5.75 Å². The van der Waals surface area contributed by atoms with Gasteiger partial charge in [0, 0.05) is 12.6 Å². The number of hydrogen-bond donors (Lipinski definition) is 1. The minimum absolute atomic E-state index is 0.0560. The van der Waals surface area contributed by atoms with E-state index in [9.17, 15) is 9.59 Å². The molecule has 2 rings (SSSR count). The third-order valence-corrected chi connectivity index (χ3v) is 4.16. The summed E-state index contributed by atoms with van der Waals surface area (Å²) in [5, 5.41) is 6.75. The van der Waals surface area contributed by atoms with Crippen molar-refractivity contribution in [1.29, 1.82) is 0 Å². The molecule has 2 aromatic rings. The van der Waals surface area contributed by atoms with Gasteiger partial charge in [0.25, 0.3) is 0 Å². The highest BCUT2D eigenvalue weighted by Crippen LogP contribution is 2.20. The van der Waals surface area contributed by atoms with Gasteiger partial charge < -0.3 is 0 Å². The fourth-order valence-electron chi connectivity index (χ4n) is 2.28. The van der Waals surface area contributed by atoms with Crippen molar-refractivity contribution < 1.29 is 4.79 Å². The molecule has 0 saturated heterocycles. The van der Waals surface area contributed by atoms with Crippen molar-refractivity contribution in [3.8, 4) is 0 Å². The SMILES string of the molecule is Cc1cc(C)c(C(=O)CSc2n[nH]c(=O)n2C)c(C)c1. The van der Waals surface area contributed by atoms with Crippen LogP contribution in [0, 0.1) is 20.8 Å². The quantitative estimate of drug-likeness (QED) is 0.691. The summed E-state index contributed by atoms with van der Waals surface area (Å²) in [7, 11) is 1.63. The number of carbonyl (C=O) groups excluding carboxylic acids is 1. The van der Waals surface area contributed by atoms with E-state index in [0.717, 1.165) is 22.3 Å². The van der Waals surface area contributed by atoms with Gasteiger partial charge in [-0.15, -0.1) is 5.10 Å². The molecule has 1 aromatic carbocycles. The van der Waals surface area contributed by atoms with Gasteiger partial charge in [-0.05, 0) is 31.9 Å². The van der Waals surface area contributed by atoms with Crippen molar-refractivity contribution in [3.63, 3.8) is 0 Å². The Morgan fingerprint density at radius 2 is 1.90 bits per heavy atom. The molecular formula is C14H17N3O2S. The zero-order valence-electron chi connectivity index (χ0n) is 12.0. The van der Waals surface area contributed by atoms with Crippen LogP contribution in [0.25, 0.3) is 0 Å². The highest BCUT2D eigenvalue weighted by Gasteiger charge is 2.15. The molecule has 0 aliphatic rings. The first-order valence-electron chi connectivity index (χ1n) is 6.25. The maximum atomic E-state index is 12.3. The van der Waals surface area contributed by atoms with E-state index in [-0.39, 0.29) is 17.2 Å². The monoisotopic (exact) mass is 291 g/mol. The number of carbonyl (C=O) groups is 1. The smallest absolute Gasteiger partial charge is 0.293 e. The second kappa shape index (κ2) is 5.66. The van der Waals surface area contributed by atoms with Crippen LogP contribution >= 0.6 is 11.8 Å². The Hall–Kier alpha value is -1.82. The van der Waals surface area contributed by atoms with Crippen molar-refractivity contribution in [2.45, 2.75) is 25.9 Å². The van der Waals surface area contributed by atoms with Gasteiger partial charge in [0.1, 0.15) is 0 Å². The average molecular weight is 291 g/mol. The summed E-state index contributed by atoms with van der Waals surface area (Å²) < 4.78 is 1.40. The lowest BCUT2D eigenvalue weighted by atomic mass is 9.97. The number of thioether (sulfide) groups is 1. The van der Waals surface area contributed by atoms with E-state index in [1.54, 1.807) is 7.05 Å². The fraction of sp³-hybridized carbons (Fsp3) is 0.357. The molecule has 6 heteroatoms. The van der Waals surface area contributed by atoms with Gasteiger partial charge in [-0.1, -0.05) is 29.5 Å². The Morgan fingerprint density at radius 1 is 1.30 bits per heavy atom. The van der Waals surface area contributed by atoms with Gasteiger partial charge in [-0.25, -0.2) is 9.89 Å². The van der Waals surface area contributed by atoms with Crippen LogP contribution in [0.4, 0.5) is 0 Å². The Bertz CT molecular complexity index is 692. The summed E-state index contributed by atoms with van der Waals surface area (Å²) in [4.78, 5) is 23.6. The van der Waals surface area contributed by atoms with Crippen LogP contribution in [0.2, 0.25) is 0 Å². The van der Waals surface area contributed by atoms with E-state index in [2.05, 4.69) is 10.2 Å². The Balaban J connectivity index is 2.17. The molecule has 5 nitrogen and oxygen atoms in total. The molecule has 0 radical (unpaired) electrons. The number of ketones is 1. The van der Waals surface area contributed by atoms with E-state index in [0.29, 0.717) is 5.16 Å². The van der Waals surface area contributed by atoms with E-state index >= 15 is 0 Å². The van der Waals surface area contributed by atoms with Crippen molar-refractivity contribution in [1.82, 2.24) is 14.8 Å². The third-order valence-electron chi connectivity index (χ3n) is 3.13. The average Bonchev–Trinajstić information content (AvgIpc) is 2.66. The summed E-state index contributed by atoms with van der Waals surface area (Å²) in [6.45, 7) is 5.91. The first-order valence-corrected chi connectivity index (χ1v) is 7.24. The molecule has 0 atom stereocenters. The van der Waals surface area contributed by atoms with Crippen molar-refractivity contribution in [3.05, 3.63) is 44.9 Å². The maximum absolute atomic E-state index is 12.3. The van der Waals surface area contributed by atoms with Crippen molar-refractivity contribution >= 4 is 17.5 Å². The number of nitrogens with one attached hydrogen (secondary N) is 1. The van der Waals surface area contributed by atoms with Gasteiger partial charge in [0.2, 0.25) is 0 Å². The lowest BCUT2D eigenvalue weighted by Crippen LogP contribution is -2.13. The highest BCUT2D eigenvalue weighted by atomic mass is 32.2. The van der Waals surface area contributed by atoms with Crippen LogP contribution in [0.15, 0.2) is 22.1 Å². The second-order valence-corrected chi connectivity index (χ2v) is 5.80. The number of aromatic nitrogens is 3. The molecule has 0 aliphatic heterocycles. The maximum Gasteiger partial charge on any atom is 0.343 e. The molecule has 1 N–H and O–H groups in total. The number of aromatic amines is 1. The number of Topliss-reactive ketones (excluding diaryl/α,β-unsaturated/α-hetero) is 1. The number of aryl methyl sites for hydroxylation is 3. The number of H-pyrrole nitrogens is 1. The number of benzene rings is 1. The lowest BCUT2D eigenvalue weighted by Gasteiger charge is -2.09. The van der Waals surface area contributed by atoms with E-state index in [1.807, 2.05) is 32.9 Å². The summed E-state index contributed by atoms with van der Waals surface area (Å²) in [6, 6.07) is 4.02. The van der Waals surface area contributed by atoms with Gasteiger partial charge in [0.15, 0.2) is 10.9 Å². The van der Waals surface area contributed by atoms with Gasteiger partial charge in [-0.3, -0.25) is 9.36 Å². The molecule has 1 heterocycles. The molecule has 106 valence electrons. The van der Waals surface area contributed by atoms with Crippen LogP contribution in [0.1, 0.15) is 27.0 Å². The topological polar surface area (TPSA) is 67.8 Å². The molecule has 0 bridgehead atoms.